The smallest absolute Gasteiger partial charge is 0.306 e. The van der Waals surface area contributed by atoms with Crippen LogP contribution in [0, 0.1) is 15.9 Å². The number of rotatable bonds is 7. The number of benzene rings is 2. The van der Waals surface area contributed by atoms with E-state index in [1.807, 2.05) is 0 Å². The maximum absolute atomic E-state index is 13.4. The normalized spacial score (nSPS) is 10.2. The number of halogens is 1. The van der Waals surface area contributed by atoms with Gasteiger partial charge in [-0.25, -0.2) is 0 Å². The van der Waals surface area contributed by atoms with Gasteiger partial charge in [0.2, 0.25) is 17.5 Å². The van der Waals surface area contributed by atoms with Gasteiger partial charge in [0, 0.05) is 17.3 Å². The number of nitrogens with zero attached hydrogens (tertiary/aromatic N) is 1. The van der Waals surface area contributed by atoms with Gasteiger partial charge in [-0.2, -0.15) is 4.39 Å². The highest BCUT2D eigenvalue weighted by molar-refractivity contribution is 5.93. The molecular weight excluding hydrogens is 347 g/mol. The first kappa shape index (κ1) is 19.0. The molecule has 26 heavy (non-hydrogen) atoms. The van der Waals surface area contributed by atoms with Crippen LogP contribution < -0.4 is 19.5 Å². The van der Waals surface area contributed by atoms with Crippen LogP contribution >= 0.6 is 0 Å². The summed E-state index contributed by atoms with van der Waals surface area (Å²) < 4.78 is 29.1. The number of carbonyl (C=O) groups is 1. The van der Waals surface area contributed by atoms with Crippen molar-refractivity contribution >= 4 is 17.3 Å². The maximum Gasteiger partial charge on any atom is 0.306 e. The predicted octanol–water partition coefficient (Wildman–Crippen LogP) is 2.94. The molecule has 9 heteroatoms. The van der Waals surface area contributed by atoms with Gasteiger partial charge in [0.1, 0.15) is 0 Å². The van der Waals surface area contributed by atoms with Gasteiger partial charge in [-0.15, -0.1) is 0 Å². The minimum Gasteiger partial charge on any atom is -0.493 e. The number of hydrogen-bond acceptors (Lipinski definition) is 6. The van der Waals surface area contributed by atoms with Crippen molar-refractivity contribution < 1.29 is 28.3 Å². The lowest BCUT2D eigenvalue weighted by Crippen LogP contribution is -2.15. The van der Waals surface area contributed by atoms with Gasteiger partial charge in [0.05, 0.1) is 32.7 Å². The van der Waals surface area contributed by atoms with Crippen molar-refractivity contribution in [1.29, 1.82) is 0 Å². The monoisotopic (exact) mass is 364 g/mol. The van der Waals surface area contributed by atoms with E-state index in [1.54, 1.807) is 12.1 Å². The quantitative estimate of drug-likeness (QED) is 0.599. The van der Waals surface area contributed by atoms with Crippen LogP contribution in [0.15, 0.2) is 30.3 Å². The molecule has 0 unspecified atom stereocenters. The number of ether oxygens (including phenoxy) is 3. The SMILES string of the molecule is COc1ccc(CC(=O)Nc2ccc(F)c([N+](=O)[O-])c2)c(OC)c1OC. The Balaban J connectivity index is 2.23. The number of nitro groups is 1. The topological polar surface area (TPSA) is 99.9 Å². The van der Waals surface area contributed by atoms with E-state index in [1.165, 1.54) is 27.4 Å². The molecule has 1 N–H and O–H groups in total. The summed E-state index contributed by atoms with van der Waals surface area (Å²) in [5.74, 6) is -0.307. The molecule has 0 aliphatic carbocycles. The molecule has 0 fully saturated rings. The van der Waals surface area contributed by atoms with Crippen molar-refractivity contribution in [2.24, 2.45) is 0 Å². The second-order valence-corrected chi connectivity index (χ2v) is 5.14. The molecule has 1 amide bonds. The molecule has 0 atom stereocenters. The number of methoxy groups -OCH3 is 3. The minimum absolute atomic E-state index is 0.0886. The molecule has 0 aliphatic rings. The van der Waals surface area contributed by atoms with Gasteiger partial charge in [-0.1, -0.05) is 6.07 Å². The van der Waals surface area contributed by atoms with Crippen LogP contribution in [0.3, 0.4) is 0 Å². The third-order valence-electron chi connectivity index (χ3n) is 3.56. The molecule has 0 aliphatic heterocycles. The number of nitro benzene ring substituents is 1. The molecule has 2 rings (SSSR count). The van der Waals surface area contributed by atoms with Crippen molar-refractivity contribution in [3.8, 4) is 17.2 Å². The summed E-state index contributed by atoms with van der Waals surface area (Å²) in [7, 11) is 4.36. The number of carbonyl (C=O) groups excluding carboxylic acids is 1. The van der Waals surface area contributed by atoms with Crippen molar-refractivity contribution in [2.75, 3.05) is 26.6 Å². The molecule has 8 nitrogen and oxygen atoms in total. The fourth-order valence-corrected chi connectivity index (χ4v) is 2.41. The summed E-state index contributed by atoms with van der Waals surface area (Å²) in [6.45, 7) is 0. The summed E-state index contributed by atoms with van der Waals surface area (Å²) in [5.41, 5.74) is -0.0756. The highest BCUT2D eigenvalue weighted by Gasteiger charge is 2.19. The van der Waals surface area contributed by atoms with E-state index < -0.39 is 22.3 Å². The van der Waals surface area contributed by atoms with Gasteiger partial charge >= 0.3 is 5.69 Å². The largest absolute Gasteiger partial charge is 0.493 e. The summed E-state index contributed by atoms with van der Waals surface area (Å²) in [5, 5.41) is 13.3. The summed E-state index contributed by atoms with van der Waals surface area (Å²) in [4.78, 5) is 22.2. The van der Waals surface area contributed by atoms with E-state index >= 15 is 0 Å². The van der Waals surface area contributed by atoms with Gasteiger partial charge in [-0.05, 0) is 18.2 Å². The third kappa shape index (κ3) is 4.00. The molecule has 0 bridgehead atoms. The Morgan fingerprint density at radius 1 is 1.12 bits per heavy atom. The molecule has 0 heterocycles. The van der Waals surface area contributed by atoms with Gasteiger partial charge in [-0.3, -0.25) is 14.9 Å². The zero-order chi connectivity index (χ0) is 19.3. The fourth-order valence-electron chi connectivity index (χ4n) is 2.41. The van der Waals surface area contributed by atoms with Crippen molar-refractivity contribution in [2.45, 2.75) is 6.42 Å². The molecule has 0 saturated carbocycles. The van der Waals surface area contributed by atoms with Gasteiger partial charge in [0.15, 0.2) is 11.5 Å². The van der Waals surface area contributed by atoms with Crippen LogP contribution in [-0.4, -0.2) is 32.2 Å². The molecule has 0 aromatic heterocycles. The molecule has 2 aromatic rings. The zero-order valence-corrected chi connectivity index (χ0v) is 14.4. The Kier molecular flexibility index (Phi) is 5.94. The van der Waals surface area contributed by atoms with E-state index in [9.17, 15) is 19.3 Å². The molecule has 0 spiro atoms. The lowest BCUT2D eigenvalue weighted by Gasteiger charge is -2.15. The molecular formula is C17H17FN2O6. The van der Waals surface area contributed by atoms with Crippen LogP contribution in [0.4, 0.5) is 15.8 Å². The predicted molar refractivity (Wildman–Crippen MR) is 91.5 cm³/mol. The van der Waals surface area contributed by atoms with Gasteiger partial charge in [0.25, 0.3) is 0 Å². The molecule has 0 saturated heterocycles. The van der Waals surface area contributed by atoms with E-state index in [0.717, 1.165) is 12.1 Å². The van der Waals surface area contributed by atoms with Crippen molar-refractivity contribution in [3.63, 3.8) is 0 Å². The Hall–Kier alpha value is -3.36. The fraction of sp³-hybridized carbons (Fsp3) is 0.235. The van der Waals surface area contributed by atoms with Crippen LogP contribution in [0.2, 0.25) is 0 Å². The number of nitrogens with one attached hydrogen (secondary N) is 1. The van der Waals surface area contributed by atoms with Gasteiger partial charge < -0.3 is 19.5 Å². The Morgan fingerprint density at radius 3 is 2.38 bits per heavy atom. The number of anilines is 1. The number of hydrogen-bond donors (Lipinski definition) is 1. The minimum atomic E-state index is -0.977. The van der Waals surface area contributed by atoms with E-state index in [2.05, 4.69) is 5.32 Å². The summed E-state index contributed by atoms with van der Waals surface area (Å²) in [6, 6.07) is 6.40. The Bertz CT molecular complexity index is 840. The first-order chi connectivity index (χ1) is 12.4. The van der Waals surface area contributed by atoms with Crippen LogP contribution in [0.1, 0.15) is 5.56 Å². The summed E-state index contributed by atoms with van der Waals surface area (Å²) in [6.07, 6.45) is -0.0886. The number of amides is 1. The van der Waals surface area contributed by atoms with E-state index in [4.69, 9.17) is 14.2 Å². The maximum atomic E-state index is 13.4. The average Bonchev–Trinajstić information content (AvgIpc) is 2.62. The molecule has 138 valence electrons. The highest BCUT2D eigenvalue weighted by atomic mass is 19.1. The van der Waals surface area contributed by atoms with Crippen LogP contribution in [0.25, 0.3) is 0 Å². The highest BCUT2D eigenvalue weighted by Crippen LogP contribution is 2.40. The first-order valence-corrected chi connectivity index (χ1v) is 7.42. The van der Waals surface area contributed by atoms with Crippen molar-refractivity contribution in [1.82, 2.24) is 0 Å². The zero-order valence-electron chi connectivity index (χ0n) is 14.4. The first-order valence-electron chi connectivity index (χ1n) is 7.42. The second kappa shape index (κ2) is 8.15. The Labute approximate surface area is 148 Å². The Morgan fingerprint density at radius 2 is 1.81 bits per heavy atom. The van der Waals surface area contributed by atoms with Crippen LogP contribution in [-0.2, 0) is 11.2 Å². The molecule has 2 aromatic carbocycles. The van der Waals surface area contributed by atoms with E-state index in [-0.39, 0.29) is 12.1 Å². The second-order valence-electron chi connectivity index (χ2n) is 5.14. The van der Waals surface area contributed by atoms with E-state index in [0.29, 0.717) is 22.8 Å². The van der Waals surface area contributed by atoms with Crippen LogP contribution in [0.5, 0.6) is 17.2 Å². The lowest BCUT2D eigenvalue weighted by molar-refractivity contribution is -0.387. The van der Waals surface area contributed by atoms with Crippen molar-refractivity contribution in [3.05, 3.63) is 51.8 Å². The average molecular weight is 364 g/mol. The third-order valence-corrected chi connectivity index (χ3v) is 3.56. The standard InChI is InChI=1S/C17H17FN2O6/c1-24-14-7-4-10(16(25-2)17(14)26-3)8-15(21)19-11-5-6-12(18)13(9-11)20(22)23/h4-7,9H,8H2,1-3H3,(H,19,21). The lowest BCUT2D eigenvalue weighted by atomic mass is 10.1. The summed E-state index contributed by atoms with van der Waals surface area (Å²) >= 11 is 0. The molecule has 0 radical (unpaired) electrons.